The standard InChI is InChI=1S/C18H22N4O2S/c23-17(16-12-25-14-20-16)22-6-3-18(4-7-22)13-21(8-9-24-18)11-15-2-1-5-19-10-15/h1-2,5,10,12,14H,3-4,6-9,11,13H2. The van der Waals surface area contributed by atoms with E-state index in [4.69, 9.17) is 4.74 Å². The highest BCUT2D eigenvalue weighted by molar-refractivity contribution is 7.07. The van der Waals surface area contributed by atoms with Crippen molar-refractivity contribution < 1.29 is 9.53 Å². The Morgan fingerprint density at radius 3 is 2.92 bits per heavy atom. The fraction of sp³-hybridized carbons (Fsp3) is 0.500. The molecule has 7 heteroatoms. The van der Waals surface area contributed by atoms with Crippen LogP contribution in [0.25, 0.3) is 0 Å². The second-order valence-corrected chi connectivity index (χ2v) is 7.49. The lowest BCUT2D eigenvalue weighted by Gasteiger charge is -2.47. The Balaban J connectivity index is 1.36. The topological polar surface area (TPSA) is 58.6 Å². The summed E-state index contributed by atoms with van der Waals surface area (Å²) in [6.07, 6.45) is 5.50. The van der Waals surface area contributed by atoms with E-state index in [1.807, 2.05) is 22.5 Å². The Morgan fingerprint density at radius 2 is 2.20 bits per heavy atom. The van der Waals surface area contributed by atoms with Crippen molar-refractivity contribution in [2.75, 3.05) is 32.8 Å². The third-order valence-electron chi connectivity index (χ3n) is 5.07. The minimum atomic E-state index is -0.126. The lowest BCUT2D eigenvalue weighted by atomic mass is 9.89. The number of aromatic nitrogens is 2. The molecule has 0 bridgehead atoms. The van der Waals surface area contributed by atoms with Crippen LogP contribution >= 0.6 is 11.3 Å². The number of morpholine rings is 1. The molecule has 2 aliphatic heterocycles. The van der Waals surface area contributed by atoms with Crippen molar-refractivity contribution in [3.63, 3.8) is 0 Å². The third kappa shape index (κ3) is 3.73. The van der Waals surface area contributed by atoms with Crippen LogP contribution in [0.5, 0.6) is 0 Å². The van der Waals surface area contributed by atoms with E-state index in [-0.39, 0.29) is 11.5 Å². The maximum atomic E-state index is 12.4. The van der Waals surface area contributed by atoms with E-state index in [0.717, 1.165) is 52.2 Å². The van der Waals surface area contributed by atoms with Crippen molar-refractivity contribution in [1.29, 1.82) is 0 Å². The zero-order valence-corrected chi connectivity index (χ0v) is 15.0. The molecule has 2 fully saturated rings. The number of carbonyl (C=O) groups is 1. The monoisotopic (exact) mass is 358 g/mol. The summed E-state index contributed by atoms with van der Waals surface area (Å²) in [7, 11) is 0. The van der Waals surface area contributed by atoms with Gasteiger partial charge >= 0.3 is 0 Å². The zero-order chi connectivity index (χ0) is 17.1. The van der Waals surface area contributed by atoms with Crippen LogP contribution in [0.1, 0.15) is 28.9 Å². The van der Waals surface area contributed by atoms with Crippen LogP contribution in [-0.4, -0.2) is 64.1 Å². The van der Waals surface area contributed by atoms with Crippen molar-refractivity contribution in [2.24, 2.45) is 0 Å². The summed E-state index contributed by atoms with van der Waals surface area (Å²) in [5.41, 5.74) is 3.37. The number of pyridine rings is 1. The first-order valence-electron chi connectivity index (χ1n) is 8.67. The lowest BCUT2D eigenvalue weighted by molar-refractivity contribution is -0.134. The Labute approximate surface area is 151 Å². The number of carbonyl (C=O) groups excluding carboxylic acids is 1. The summed E-state index contributed by atoms with van der Waals surface area (Å²) in [5, 5.41) is 1.82. The van der Waals surface area contributed by atoms with Crippen LogP contribution in [0.3, 0.4) is 0 Å². The first-order chi connectivity index (χ1) is 12.2. The summed E-state index contributed by atoms with van der Waals surface area (Å²) in [4.78, 5) is 25.1. The highest BCUT2D eigenvalue weighted by Gasteiger charge is 2.40. The number of nitrogens with zero attached hydrogens (tertiary/aromatic N) is 4. The van der Waals surface area contributed by atoms with Gasteiger partial charge in [0.1, 0.15) is 5.69 Å². The van der Waals surface area contributed by atoms with Gasteiger partial charge in [0, 0.05) is 50.5 Å². The van der Waals surface area contributed by atoms with Gasteiger partial charge in [0.2, 0.25) is 0 Å². The molecule has 0 N–H and O–H groups in total. The van der Waals surface area contributed by atoms with Gasteiger partial charge in [-0.05, 0) is 24.5 Å². The molecule has 0 aliphatic carbocycles. The molecule has 0 atom stereocenters. The van der Waals surface area contributed by atoms with Gasteiger partial charge in [0.15, 0.2) is 0 Å². The van der Waals surface area contributed by atoms with Crippen LogP contribution in [0.2, 0.25) is 0 Å². The predicted octanol–water partition coefficient (Wildman–Crippen LogP) is 2.05. The summed E-state index contributed by atoms with van der Waals surface area (Å²) >= 11 is 1.46. The molecule has 2 aromatic rings. The zero-order valence-electron chi connectivity index (χ0n) is 14.1. The molecule has 4 rings (SSSR count). The van der Waals surface area contributed by atoms with Gasteiger partial charge in [-0.3, -0.25) is 14.7 Å². The largest absolute Gasteiger partial charge is 0.372 e. The number of ether oxygens (including phenoxy) is 1. The normalized spacial score (nSPS) is 20.7. The van der Waals surface area contributed by atoms with Crippen molar-refractivity contribution in [3.05, 3.63) is 46.7 Å². The molecule has 132 valence electrons. The highest BCUT2D eigenvalue weighted by Crippen LogP contribution is 2.31. The number of rotatable bonds is 3. The molecular formula is C18H22N4O2S. The first kappa shape index (κ1) is 16.6. The molecule has 2 saturated heterocycles. The van der Waals surface area contributed by atoms with Gasteiger partial charge in [-0.2, -0.15) is 0 Å². The molecule has 0 aromatic carbocycles. The smallest absolute Gasteiger partial charge is 0.273 e. The van der Waals surface area contributed by atoms with Crippen LogP contribution in [0.15, 0.2) is 35.4 Å². The Kier molecular flexibility index (Phi) is 4.78. The fourth-order valence-electron chi connectivity index (χ4n) is 3.71. The Morgan fingerprint density at radius 1 is 1.32 bits per heavy atom. The second kappa shape index (κ2) is 7.19. The molecule has 25 heavy (non-hydrogen) atoms. The molecule has 2 aromatic heterocycles. The van der Waals surface area contributed by atoms with E-state index < -0.39 is 0 Å². The molecule has 1 spiro atoms. The Bertz CT molecular complexity index is 699. The van der Waals surface area contributed by atoms with E-state index in [2.05, 4.69) is 20.9 Å². The van der Waals surface area contributed by atoms with Crippen LogP contribution in [-0.2, 0) is 11.3 Å². The average molecular weight is 358 g/mol. The van der Waals surface area contributed by atoms with Crippen LogP contribution in [0, 0.1) is 0 Å². The maximum absolute atomic E-state index is 12.4. The highest BCUT2D eigenvalue weighted by atomic mass is 32.1. The minimum Gasteiger partial charge on any atom is -0.372 e. The lowest BCUT2D eigenvalue weighted by Crippen LogP contribution is -2.57. The van der Waals surface area contributed by atoms with Gasteiger partial charge in [-0.1, -0.05) is 6.07 Å². The van der Waals surface area contributed by atoms with Crippen molar-refractivity contribution in [1.82, 2.24) is 19.8 Å². The molecule has 0 radical (unpaired) electrons. The molecule has 2 aliphatic rings. The van der Waals surface area contributed by atoms with Crippen molar-refractivity contribution in [3.8, 4) is 0 Å². The summed E-state index contributed by atoms with van der Waals surface area (Å²) in [6.45, 7) is 4.98. The second-order valence-electron chi connectivity index (χ2n) is 6.77. The average Bonchev–Trinajstić information content (AvgIpc) is 3.18. The summed E-state index contributed by atoms with van der Waals surface area (Å²) in [5.74, 6) is 0.0409. The maximum Gasteiger partial charge on any atom is 0.273 e. The van der Waals surface area contributed by atoms with Crippen LogP contribution in [0.4, 0.5) is 0 Å². The number of amides is 1. The van der Waals surface area contributed by atoms with Gasteiger partial charge in [-0.25, -0.2) is 4.98 Å². The fourth-order valence-corrected chi connectivity index (χ4v) is 4.23. The predicted molar refractivity (Wildman–Crippen MR) is 95.4 cm³/mol. The van der Waals surface area contributed by atoms with Gasteiger partial charge in [0.25, 0.3) is 5.91 Å². The summed E-state index contributed by atoms with van der Waals surface area (Å²) < 4.78 is 6.18. The molecule has 0 saturated carbocycles. The molecule has 1 amide bonds. The molecular weight excluding hydrogens is 336 g/mol. The van der Waals surface area contributed by atoms with E-state index in [9.17, 15) is 4.79 Å². The molecule has 0 unspecified atom stereocenters. The van der Waals surface area contributed by atoms with Crippen LogP contribution < -0.4 is 0 Å². The van der Waals surface area contributed by atoms with Gasteiger partial charge in [0.05, 0.1) is 17.7 Å². The number of thiazole rings is 1. The Hall–Kier alpha value is -1.83. The number of hydrogen-bond donors (Lipinski definition) is 0. The third-order valence-corrected chi connectivity index (χ3v) is 5.66. The molecule has 6 nitrogen and oxygen atoms in total. The van der Waals surface area contributed by atoms with E-state index in [1.165, 1.54) is 16.9 Å². The number of piperidine rings is 1. The van der Waals surface area contributed by atoms with E-state index in [0.29, 0.717) is 5.69 Å². The first-order valence-corrected chi connectivity index (χ1v) is 9.61. The van der Waals surface area contributed by atoms with E-state index >= 15 is 0 Å². The van der Waals surface area contributed by atoms with Gasteiger partial charge in [-0.15, -0.1) is 11.3 Å². The minimum absolute atomic E-state index is 0.0409. The molecule has 4 heterocycles. The number of hydrogen-bond acceptors (Lipinski definition) is 6. The van der Waals surface area contributed by atoms with Gasteiger partial charge < -0.3 is 9.64 Å². The summed E-state index contributed by atoms with van der Waals surface area (Å²) in [6, 6.07) is 4.10. The SMILES string of the molecule is O=C(c1cscn1)N1CCC2(CC1)CN(Cc1cccnc1)CCO2. The van der Waals surface area contributed by atoms with Crippen molar-refractivity contribution in [2.45, 2.75) is 25.0 Å². The quantitative estimate of drug-likeness (QED) is 0.840. The number of likely N-dealkylation sites (tertiary alicyclic amines) is 1. The van der Waals surface area contributed by atoms with E-state index in [1.54, 1.807) is 11.7 Å². The van der Waals surface area contributed by atoms with Crippen molar-refractivity contribution >= 4 is 17.2 Å².